The van der Waals surface area contributed by atoms with Crippen LogP contribution in [0.4, 0.5) is 13.2 Å². The highest BCUT2D eigenvalue weighted by Crippen LogP contribution is 2.39. The van der Waals surface area contributed by atoms with Gasteiger partial charge in [-0.15, -0.1) is 0 Å². The molecule has 0 aliphatic rings. The lowest BCUT2D eigenvalue weighted by Gasteiger charge is -2.14. The quantitative estimate of drug-likeness (QED) is 0.244. The Kier molecular flexibility index (Phi) is 6.21. The Morgan fingerprint density at radius 3 is 2.00 bits per heavy atom. The van der Waals surface area contributed by atoms with E-state index in [1.165, 1.54) is 30.3 Å². The van der Waals surface area contributed by atoms with Gasteiger partial charge in [-0.2, -0.15) is 13.2 Å². The van der Waals surface area contributed by atoms with Gasteiger partial charge in [-0.25, -0.2) is 0 Å². The highest BCUT2D eigenvalue weighted by Gasteiger charge is 2.40. The van der Waals surface area contributed by atoms with Crippen molar-refractivity contribution in [3.8, 4) is 28.4 Å². The summed E-state index contributed by atoms with van der Waals surface area (Å²) in [5.74, 6) is -2.07. The Bertz CT molecular complexity index is 1540. The van der Waals surface area contributed by atoms with E-state index in [0.717, 1.165) is 16.7 Å². The lowest BCUT2D eigenvalue weighted by Crippen LogP contribution is -2.15. The Balaban J connectivity index is 1.47. The molecule has 5 rings (SSSR count). The number of hydrogen-bond acceptors (Lipinski definition) is 4. The van der Waals surface area contributed by atoms with E-state index in [9.17, 15) is 18.0 Å². The van der Waals surface area contributed by atoms with Gasteiger partial charge in [0.2, 0.25) is 11.2 Å². The van der Waals surface area contributed by atoms with Crippen LogP contribution in [0.5, 0.6) is 17.2 Å². The van der Waals surface area contributed by atoms with Crippen molar-refractivity contribution in [3.63, 3.8) is 0 Å². The Morgan fingerprint density at radius 2 is 1.33 bits per heavy atom. The summed E-state index contributed by atoms with van der Waals surface area (Å²) in [7, 11) is 0. The number of halogens is 3. The summed E-state index contributed by atoms with van der Waals surface area (Å²) < 4.78 is 57.9. The Labute approximate surface area is 204 Å². The fraction of sp³-hybridized carbons (Fsp3) is 0.0690. The lowest BCUT2D eigenvalue weighted by atomic mass is 10.1. The van der Waals surface area contributed by atoms with Crippen LogP contribution in [-0.2, 0) is 12.8 Å². The second-order valence-electron chi connectivity index (χ2n) is 8.01. The summed E-state index contributed by atoms with van der Waals surface area (Å²) in [6.07, 6.45) is -4.95. The Morgan fingerprint density at radius 1 is 0.722 bits per heavy atom. The molecular weight excluding hydrogens is 469 g/mol. The molecule has 0 radical (unpaired) electrons. The second kappa shape index (κ2) is 9.62. The van der Waals surface area contributed by atoms with E-state index in [4.69, 9.17) is 13.9 Å². The van der Waals surface area contributed by atoms with Gasteiger partial charge in [0, 0.05) is 6.07 Å². The summed E-state index contributed by atoms with van der Waals surface area (Å²) in [6, 6.07) is 29.3. The smallest absolute Gasteiger partial charge is 0.453 e. The highest BCUT2D eigenvalue weighted by atomic mass is 19.4. The molecule has 0 aliphatic carbocycles. The minimum atomic E-state index is -4.95. The van der Waals surface area contributed by atoms with Crippen molar-refractivity contribution >= 4 is 11.0 Å². The third kappa shape index (κ3) is 4.95. The number of ether oxygens (including phenoxy) is 2. The molecule has 0 atom stereocenters. The molecule has 0 bridgehead atoms. The average molecular weight is 488 g/mol. The van der Waals surface area contributed by atoms with Gasteiger partial charge in [-0.3, -0.25) is 4.79 Å². The summed E-state index contributed by atoms with van der Waals surface area (Å²) in [5.41, 5.74) is 1.51. The van der Waals surface area contributed by atoms with Gasteiger partial charge in [-0.1, -0.05) is 72.8 Å². The van der Waals surface area contributed by atoms with Crippen molar-refractivity contribution in [2.45, 2.75) is 12.8 Å². The van der Waals surface area contributed by atoms with Crippen molar-refractivity contribution in [3.05, 3.63) is 125 Å². The lowest BCUT2D eigenvalue weighted by molar-refractivity contribution is -0.154. The molecule has 0 unspecified atom stereocenters. The van der Waals surface area contributed by atoms with Crippen molar-refractivity contribution in [2.75, 3.05) is 0 Å². The number of hydrogen-bond donors (Lipinski definition) is 0. The zero-order valence-electron chi connectivity index (χ0n) is 18.8. The van der Waals surface area contributed by atoms with Crippen LogP contribution < -0.4 is 14.9 Å². The van der Waals surface area contributed by atoms with Gasteiger partial charge in [0.05, 0.1) is 5.39 Å². The van der Waals surface area contributed by atoms with Crippen LogP contribution >= 0.6 is 0 Å². The van der Waals surface area contributed by atoms with Crippen molar-refractivity contribution < 1.29 is 27.1 Å². The third-order valence-corrected chi connectivity index (χ3v) is 5.51. The van der Waals surface area contributed by atoms with E-state index < -0.39 is 23.1 Å². The van der Waals surface area contributed by atoms with Crippen LogP contribution in [0.15, 0.2) is 112 Å². The fourth-order valence-corrected chi connectivity index (χ4v) is 3.73. The van der Waals surface area contributed by atoms with Crippen LogP contribution in [0.3, 0.4) is 0 Å². The maximum atomic E-state index is 13.9. The molecule has 0 spiro atoms. The van der Waals surface area contributed by atoms with E-state index in [1.54, 1.807) is 12.1 Å². The predicted octanol–water partition coefficient (Wildman–Crippen LogP) is 7.85. The molecule has 1 heterocycles. The van der Waals surface area contributed by atoms with Crippen molar-refractivity contribution in [1.82, 2.24) is 0 Å². The molecule has 4 aromatic carbocycles. The van der Waals surface area contributed by atoms with E-state index in [2.05, 4.69) is 0 Å². The molecule has 5 aromatic rings. The van der Waals surface area contributed by atoms with E-state index in [-0.39, 0.29) is 29.1 Å². The van der Waals surface area contributed by atoms with Gasteiger partial charge in [-0.05, 0) is 41.0 Å². The Hall–Kier alpha value is -4.52. The summed E-state index contributed by atoms with van der Waals surface area (Å²) in [4.78, 5) is 13.1. The fourth-order valence-electron chi connectivity index (χ4n) is 3.73. The summed E-state index contributed by atoms with van der Waals surface area (Å²) >= 11 is 0. The number of fused-ring (bicyclic) bond motifs is 1. The van der Waals surface area contributed by atoms with Crippen LogP contribution in [0.1, 0.15) is 11.3 Å². The van der Waals surface area contributed by atoms with E-state index >= 15 is 0 Å². The predicted molar refractivity (Wildman–Crippen MR) is 130 cm³/mol. The zero-order chi connectivity index (χ0) is 25.1. The molecule has 0 saturated heterocycles. The van der Waals surface area contributed by atoms with Gasteiger partial charge >= 0.3 is 6.18 Å². The normalized spacial score (nSPS) is 11.4. The second-order valence-corrected chi connectivity index (χ2v) is 8.01. The minimum Gasteiger partial charge on any atom is -0.489 e. The van der Waals surface area contributed by atoms with Crippen LogP contribution in [0.25, 0.3) is 22.1 Å². The largest absolute Gasteiger partial charge is 0.489 e. The maximum absolute atomic E-state index is 13.9. The number of alkyl halides is 3. The van der Waals surface area contributed by atoms with Crippen molar-refractivity contribution in [1.29, 1.82) is 0 Å². The van der Waals surface area contributed by atoms with Gasteiger partial charge in [0.1, 0.15) is 23.7 Å². The van der Waals surface area contributed by atoms with Crippen molar-refractivity contribution in [2.24, 2.45) is 0 Å². The first kappa shape index (κ1) is 23.2. The molecule has 36 heavy (non-hydrogen) atoms. The molecule has 0 fully saturated rings. The van der Waals surface area contributed by atoms with Crippen LogP contribution in [0.2, 0.25) is 0 Å². The standard InChI is InChI=1S/C29H19F3O4/c30-29(31,32)28-27(35-22-13-11-21(12-14-22)20-9-5-2-6-10-20)26(33)24-16-15-23(17-25(24)36-28)34-18-19-7-3-1-4-8-19/h1-17H,18H2. The SMILES string of the molecule is O=c1c(Oc2ccc(-c3ccccc3)cc2)c(C(F)(F)F)oc2cc(OCc3ccccc3)ccc12. The first-order valence-electron chi connectivity index (χ1n) is 11.1. The van der Waals surface area contributed by atoms with Gasteiger partial charge < -0.3 is 13.9 Å². The molecule has 0 N–H and O–H groups in total. The molecule has 0 amide bonds. The van der Waals surface area contributed by atoms with E-state index in [0.29, 0.717) is 0 Å². The molecule has 0 saturated carbocycles. The van der Waals surface area contributed by atoms with Gasteiger partial charge in [0.15, 0.2) is 0 Å². The summed E-state index contributed by atoms with van der Waals surface area (Å²) in [5, 5.41) is -0.0500. The minimum absolute atomic E-state index is 0.0500. The zero-order valence-corrected chi connectivity index (χ0v) is 18.8. The number of benzene rings is 4. The first-order chi connectivity index (χ1) is 17.4. The number of rotatable bonds is 6. The van der Waals surface area contributed by atoms with E-state index in [1.807, 2.05) is 60.7 Å². The maximum Gasteiger partial charge on any atom is 0.453 e. The summed E-state index contributed by atoms with van der Waals surface area (Å²) in [6.45, 7) is 0.211. The molecule has 7 heteroatoms. The first-order valence-corrected chi connectivity index (χ1v) is 11.1. The molecule has 0 aliphatic heterocycles. The van der Waals surface area contributed by atoms with Gasteiger partial charge in [0.25, 0.3) is 5.76 Å². The molecule has 4 nitrogen and oxygen atoms in total. The third-order valence-electron chi connectivity index (χ3n) is 5.51. The monoisotopic (exact) mass is 488 g/mol. The highest BCUT2D eigenvalue weighted by molar-refractivity contribution is 5.80. The molecule has 180 valence electrons. The molecule has 1 aromatic heterocycles. The average Bonchev–Trinajstić information content (AvgIpc) is 2.90. The topological polar surface area (TPSA) is 48.7 Å². The van der Waals surface area contributed by atoms with Crippen LogP contribution in [0, 0.1) is 0 Å². The molecular formula is C29H19F3O4. The van der Waals surface area contributed by atoms with Crippen LogP contribution in [-0.4, -0.2) is 0 Å².